The number of hydrogen-bond acceptors (Lipinski definition) is 5. The van der Waals surface area contributed by atoms with E-state index in [0.29, 0.717) is 5.82 Å². The molecule has 0 saturated carbocycles. The topological polar surface area (TPSA) is 95.0 Å². The van der Waals surface area contributed by atoms with Crippen LogP contribution in [0.2, 0.25) is 0 Å². The average molecular weight is 287 g/mol. The molecule has 1 saturated heterocycles. The summed E-state index contributed by atoms with van der Waals surface area (Å²) >= 11 is 0. The summed E-state index contributed by atoms with van der Waals surface area (Å²) < 4.78 is 0. The van der Waals surface area contributed by atoms with Crippen LogP contribution in [0.15, 0.2) is 24.3 Å². The summed E-state index contributed by atoms with van der Waals surface area (Å²) in [5, 5.41) is 22.9. The van der Waals surface area contributed by atoms with E-state index in [2.05, 4.69) is 37.7 Å². The van der Waals surface area contributed by atoms with Gasteiger partial charge in [0.15, 0.2) is 0 Å². The van der Waals surface area contributed by atoms with E-state index in [1.165, 1.54) is 5.56 Å². The van der Waals surface area contributed by atoms with Crippen molar-refractivity contribution in [1.29, 1.82) is 0 Å². The molecule has 0 bridgehead atoms. The summed E-state index contributed by atoms with van der Waals surface area (Å²) in [5.41, 5.74) is 2.13. The third-order valence-electron chi connectivity index (χ3n) is 3.90. The first-order valence-corrected chi connectivity index (χ1v) is 7.00. The Morgan fingerprint density at radius 3 is 2.57 bits per heavy atom. The zero-order valence-corrected chi connectivity index (χ0v) is 11.6. The molecule has 7 nitrogen and oxygen atoms in total. The van der Waals surface area contributed by atoms with E-state index in [9.17, 15) is 4.79 Å². The second-order valence-corrected chi connectivity index (χ2v) is 5.32. The van der Waals surface area contributed by atoms with Crippen molar-refractivity contribution in [3.05, 3.63) is 29.8 Å². The van der Waals surface area contributed by atoms with E-state index in [-0.39, 0.29) is 5.92 Å². The van der Waals surface area contributed by atoms with Gasteiger partial charge in [-0.3, -0.25) is 9.69 Å². The molecule has 110 valence electrons. The lowest BCUT2D eigenvalue weighted by Gasteiger charge is -2.30. The highest BCUT2D eigenvalue weighted by Gasteiger charge is 2.24. The number of H-pyrrole nitrogens is 1. The molecule has 0 unspecified atom stereocenters. The quantitative estimate of drug-likeness (QED) is 0.876. The molecule has 7 heteroatoms. The van der Waals surface area contributed by atoms with Crippen LogP contribution in [0.5, 0.6) is 0 Å². The van der Waals surface area contributed by atoms with E-state index in [0.717, 1.165) is 38.0 Å². The first-order chi connectivity index (χ1) is 10.2. The summed E-state index contributed by atoms with van der Waals surface area (Å²) in [6.07, 6.45) is 1.46. The van der Waals surface area contributed by atoms with Crippen LogP contribution in [0.1, 0.15) is 18.4 Å². The number of carbonyl (C=O) groups is 1. The lowest BCUT2D eigenvalue weighted by Crippen LogP contribution is -2.35. The van der Waals surface area contributed by atoms with E-state index in [4.69, 9.17) is 5.11 Å². The highest BCUT2D eigenvalue weighted by molar-refractivity contribution is 5.70. The molecule has 1 aliphatic heterocycles. The maximum Gasteiger partial charge on any atom is 0.306 e. The number of benzene rings is 1. The van der Waals surface area contributed by atoms with Crippen molar-refractivity contribution in [2.75, 3.05) is 13.1 Å². The summed E-state index contributed by atoms with van der Waals surface area (Å²) in [6, 6.07) is 8.05. The minimum Gasteiger partial charge on any atom is -0.481 e. The van der Waals surface area contributed by atoms with E-state index in [1.54, 1.807) is 0 Å². The van der Waals surface area contributed by atoms with Crippen LogP contribution < -0.4 is 0 Å². The smallest absolute Gasteiger partial charge is 0.306 e. The van der Waals surface area contributed by atoms with Gasteiger partial charge in [-0.2, -0.15) is 5.21 Å². The number of hydrogen-bond donors (Lipinski definition) is 2. The van der Waals surface area contributed by atoms with Crippen LogP contribution in [-0.2, 0) is 11.3 Å². The fourth-order valence-electron chi connectivity index (χ4n) is 2.64. The Bertz CT molecular complexity index is 588. The van der Waals surface area contributed by atoms with Gasteiger partial charge in [0.25, 0.3) is 0 Å². The molecule has 2 N–H and O–H groups in total. The molecule has 1 fully saturated rings. The Morgan fingerprint density at radius 2 is 2.00 bits per heavy atom. The van der Waals surface area contributed by atoms with Crippen LogP contribution in [0, 0.1) is 5.92 Å². The minimum absolute atomic E-state index is 0.179. The zero-order chi connectivity index (χ0) is 14.7. The van der Waals surface area contributed by atoms with Crippen molar-refractivity contribution in [2.45, 2.75) is 19.4 Å². The average Bonchev–Trinajstić information content (AvgIpc) is 3.03. The second-order valence-electron chi connectivity index (χ2n) is 5.32. The van der Waals surface area contributed by atoms with E-state index >= 15 is 0 Å². The number of tetrazole rings is 1. The van der Waals surface area contributed by atoms with Gasteiger partial charge in [-0.05, 0) is 36.7 Å². The maximum atomic E-state index is 10.9. The number of carboxylic acid groups (broad SMARTS) is 1. The molecule has 1 aliphatic rings. The molecule has 0 aliphatic carbocycles. The number of aromatic amines is 1. The van der Waals surface area contributed by atoms with Gasteiger partial charge in [0, 0.05) is 12.1 Å². The highest BCUT2D eigenvalue weighted by Crippen LogP contribution is 2.20. The molecule has 0 radical (unpaired) electrons. The predicted molar refractivity (Wildman–Crippen MR) is 75.3 cm³/mol. The van der Waals surface area contributed by atoms with Crippen LogP contribution in [0.25, 0.3) is 11.4 Å². The standard InChI is InChI=1S/C14H17N5O2/c20-14(21)12-5-7-19(8-6-12)9-10-1-3-11(4-2-10)13-15-17-18-16-13/h1-4,12H,5-9H2,(H,20,21)(H,15,16,17,18). The van der Waals surface area contributed by atoms with Crippen molar-refractivity contribution in [3.63, 3.8) is 0 Å². The monoisotopic (exact) mass is 287 g/mol. The van der Waals surface area contributed by atoms with Crippen molar-refractivity contribution in [1.82, 2.24) is 25.5 Å². The lowest BCUT2D eigenvalue weighted by molar-refractivity contribution is -0.143. The third kappa shape index (κ3) is 3.25. The van der Waals surface area contributed by atoms with Crippen LogP contribution >= 0.6 is 0 Å². The van der Waals surface area contributed by atoms with Gasteiger partial charge in [0.05, 0.1) is 5.92 Å². The Balaban J connectivity index is 1.58. The molecular weight excluding hydrogens is 270 g/mol. The largest absolute Gasteiger partial charge is 0.481 e. The van der Waals surface area contributed by atoms with Crippen molar-refractivity contribution in [3.8, 4) is 11.4 Å². The SMILES string of the molecule is O=C(O)C1CCN(Cc2ccc(-c3nn[nH]n3)cc2)CC1. The van der Waals surface area contributed by atoms with Crippen molar-refractivity contribution < 1.29 is 9.90 Å². The van der Waals surface area contributed by atoms with Gasteiger partial charge >= 0.3 is 5.97 Å². The highest BCUT2D eigenvalue weighted by atomic mass is 16.4. The molecule has 21 heavy (non-hydrogen) atoms. The number of aromatic nitrogens is 4. The molecule has 1 aromatic heterocycles. The molecule has 0 amide bonds. The van der Waals surface area contributed by atoms with Crippen LogP contribution in [0.4, 0.5) is 0 Å². The Labute approximate surface area is 122 Å². The lowest BCUT2D eigenvalue weighted by atomic mass is 9.97. The number of likely N-dealkylation sites (tertiary alicyclic amines) is 1. The van der Waals surface area contributed by atoms with Gasteiger partial charge in [0.2, 0.25) is 5.82 Å². The Kier molecular flexibility index (Phi) is 3.92. The minimum atomic E-state index is -0.667. The molecule has 0 spiro atoms. The number of carboxylic acids is 1. The normalized spacial score (nSPS) is 17.0. The van der Waals surface area contributed by atoms with Gasteiger partial charge < -0.3 is 5.11 Å². The van der Waals surface area contributed by atoms with Crippen molar-refractivity contribution >= 4 is 5.97 Å². The van der Waals surface area contributed by atoms with Gasteiger partial charge in [-0.15, -0.1) is 10.2 Å². The first-order valence-electron chi connectivity index (χ1n) is 7.00. The van der Waals surface area contributed by atoms with Crippen LogP contribution in [0.3, 0.4) is 0 Å². The molecular formula is C14H17N5O2. The first kappa shape index (κ1) is 13.7. The van der Waals surface area contributed by atoms with Gasteiger partial charge in [-0.25, -0.2) is 0 Å². The number of piperidine rings is 1. The van der Waals surface area contributed by atoms with Crippen LogP contribution in [-0.4, -0.2) is 49.7 Å². The summed E-state index contributed by atoms with van der Waals surface area (Å²) in [4.78, 5) is 13.2. The molecule has 0 atom stereocenters. The number of aliphatic carboxylic acids is 1. The summed E-state index contributed by atoms with van der Waals surface area (Å²) in [6.45, 7) is 2.52. The maximum absolute atomic E-state index is 10.9. The zero-order valence-electron chi connectivity index (χ0n) is 11.6. The molecule has 3 rings (SSSR count). The predicted octanol–water partition coefficient (Wildman–Crippen LogP) is 1.16. The Hall–Kier alpha value is -2.28. The molecule has 2 heterocycles. The van der Waals surface area contributed by atoms with Gasteiger partial charge in [0.1, 0.15) is 0 Å². The fourth-order valence-corrected chi connectivity index (χ4v) is 2.64. The van der Waals surface area contributed by atoms with Crippen molar-refractivity contribution in [2.24, 2.45) is 5.92 Å². The Morgan fingerprint density at radius 1 is 1.29 bits per heavy atom. The number of nitrogens with zero attached hydrogens (tertiary/aromatic N) is 4. The molecule has 2 aromatic rings. The van der Waals surface area contributed by atoms with Gasteiger partial charge in [-0.1, -0.05) is 24.3 Å². The molecule has 1 aromatic carbocycles. The number of rotatable bonds is 4. The van der Waals surface area contributed by atoms with E-state index < -0.39 is 5.97 Å². The summed E-state index contributed by atoms with van der Waals surface area (Å²) in [5.74, 6) is -0.259. The summed E-state index contributed by atoms with van der Waals surface area (Å²) in [7, 11) is 0. The third-order valence-corrected chi connectivity index (χ3v) is 3.90. The fraction of sp³-hybridized carbons (Fsp3) is 0.429. The second kappa shape index (κ2) is 6.01. The number of nitrogens with one attached hydrogen (secondary N) is 1. The van der Waals surface area contributed by atoms with E-state index in [1.807, 2.05) is 12.1 Å².